The number of aromatic nitrogens is 2. The number of hydrogen-bond acceptors (Lipinski definition) is 4. The molecule has 21 heavy (non-hydrogen) atoms. The maximum atomic E-state index is 10.0. The second-order valence-electron chi connectivity index (χ2n) is 5.22. The molecule has 1 atom stereocenters. The number of methoxy groups -OCH3 is 1. The van der Waals surface area contributed by atoms with Crippen molar-refractivity contribution in [3.05, 3.63) is 41.2 Å². The average molecular weight is 289 g/mol. The first-order valence-electron chi connectivity index (χ1n) is 7.21. The molecule has 0 aliphatic carbocycles. The number of nitrogens with zero attached hydrogens (tertiary/aromatic N) is 1. The number of benzene rings is 1. The van der Waals surface area contributed by atoms with Crippen molar-refractivity contribution in [3.63, 3.8) is 0 Å². The summed E-state index contributed by atoms with van der Waals surface area (Å²) in [6, 6.07) is 5.50. The van der Waals surface area contributed by atoms with Crippen molar-refractivity contribution < 1.29 is 9.84 Å². The third-order valence-corrected chi connectivity index (χ3v) is 3.71. The van der Waals surface area contributed by atoms with Crippen LogP contribution in [0.4, 0.5) is 0 Å². The smallest absolute Gasteiger partial charge is 0.124 e. The van der Waals surface area contributed by atoms with Gasteiger partial charge in [-0.3, -0.25) is 5.10 Å². The Kier molecular flexibility index (Phi) is 5.22. The number of nitrogens with one attached hydrogen (secondary N) is 2. The van der Waals surface area contributed by atoms with E-state index < -0.39 is 0 Å². The van der Waals surface area contributed by atoms with Crippen molar-refractivity contribution in [1.29, 1.82) is 0 Å². The molecule has 2 aromatic rings. The maximum Gasteiger partial charge on any atom is 0.124 e. The van der Waals surface area contributed by atoms with Crippen molar-refractivity contribution in [1.82, 2.24) is 15.5 Å². The molecule has 5 nitrogen and oxygen atoms in total. The fourth-order valence-corrected chi connectivity index (χ4v) is 2.35. The van der Waals surface area contributed by atoms with E-state index in [4.69, 9.17) is 4.74 Å². The average Bonchev–Trinajstić information content (AvgIpc) is 2.88. The fourth-order valence-electron chi connectivity index (χ4n) is 2.35. The monoisotopic (exact) mass is 289 g/mol. The molecule has 3 N–H and O–H groups in total. The predicted molar refractivity (Wildman–Crippen MR) is 82.7 cm³/mol. The number of ether oxygens (including phenoxy) is 1. The summed E-state index contributed by atoms with van der Waals surface area (Å²) in [7, 11) is 1.59. The molecule has 1 unspecified atom stereocenters. The number of H-pyrrole nitrogens is 1. The minimum absolute atomic E-state index is 0.0985. The summed E-state index contributed by atoms with van der Waals surface area (Å²) < 4.78 is 5.09. The zero-order chi connectivity index (χ0) is 15.2. The van der Waals surface area contributed by atoms with Gasteiger partial charge in [-0.25, -0.2) is 0 Å². The van der Waals surface area contributed by atoms with E-state index in [2.05, 4.69) is 15.5 Å². The molecule has 0 aliphatic rings. The van der Waals surface area contributed by atoms with Gasteiger partial charge in [-0.05, 0) is 44.9 Å². The molecule has 114 valence electrons. The molecule has 0 amide bonds. The molecule has 0 aliphatic heterocycles. The zero-order valence-electron chi connectivity index (χ0n) is 12.8. The van der Waals surface area contributed by atoms with E-state index in [1.807, 2.05) is 32.2 Å². The number of phenolic OH excluding ortho intramolecular Hbond substituents is 1. The van der Waals surface area contributed by atoms with Crippen LogP contribution in [0.5, 0.6) is 11.5 Å². The van der Waals surface area contributed by atoms with Gasteiger partial charge in [0.2, 0.25) is 0 Å². The first-order chi connectivity index (χ1) is 10.1. The minimum Gasteiger partial charge on any atom is -0.507 e. The van der Waals surface area contributed by atoms with Gasteiger partial charge in [0.15, 0.2) is 0 Å². The molecule has 1 aromatic heterocycles. The molecular formula is C16H23N3O2. The summed E-state index contributed by atoms with van der Waals surface area (Å²) in [6.45, 7) is 4.97. The highest BCUT2D eigenvalue weighted by Gasteiger charge is 2.10. The van der Waals surface area contributed by atoms with Gasteiger partial charge in [-0.2, -0.15) is 5.10 Å². The minimum atomic E-state index is 0.0985. The second kappa shape index (κ2) is 7.13. The highest BCUT2D eigenvalue weighted by atomic mass is 16.5. The number of rotatable bonds is 7. The van der Waals surface area contributed by atoms with E-state index in [-0.39, 0.29) is 11.8 Å². The first kappa shape index (κ1) is 15.4. The zero-order valence-corrected chi connectivity index (χ0v) is 12.8. The van der Waals surface area contributed by atoms with E-state index in [1.165, 1.54) is 5.56 Å². The van der Waals surface area contributed by atoms with Crippen LogP contribution in [0.15, 0.2) is 24.4 Å². The van der Waals surface area contributed by atoms with Crippen molar-refractivity contribution >= 4 is 0 Å². The highest BCUT2D eigenvalue weighted by molar-refractivity contribution is 5.41. The SMILES string of the molecule is COc1ccc(C(C)NCCCc2cn[nH]c2C)c(O)c1. The molecular weight excluding hydrogens is 266 g/mol. The van der Waals surface area contributed by atoms with Crippen LogP contribution in [0.2, 0.25) is 0 Å². The van der Waals surface area contributed by atoms with Gasteiger partial charge >= 0.3 is 0 Å². The molecule has 0 radical (unpaired) electrons. The van der Waals surface area contributed by atoms with Gasteiger partial charge in [-0.1, -0.05) is 6.07 Å². The predicted octanol–water partition coefficient (Wildman–Crippen LogP) is 2.72. The lowest BCUT2D eigenvalue weighted by atomic mass is 10.1. The van der Waals surface area contributed by atoms with E-state index >= 15 is 0 Å². The molecule has 2 rings (SSSR count). The van der Waals surface area contributed by atoms with E-state index in [1.54, 1.807) is 13.2 Å². The Hall–Kier alpha value is -2.01. The molecule has 1 heterocycles. The maximum absolute atomic E-state index is 10.0. The Morgan fingerprint density at radius 1 is 1.43 bits per heavy atom. The Morgan fingerprint density at radius 2 is 2.24 bits per heavy atom. The summed E-state index contributed by atoms with van der Waals surface area (Å²) in [4.78, 5) is 0. The van der Waals surface area contributed by atoms with E-state index in [0.29, 0.717) is 5.75 Å². The summed E-state index contributed by atoms with van der Waals surface area (Å²) in [5.41, 5.74) is 3.28. The summed E-state index contributed by atoms with van der Waals surface area (Å²) in [6.07, 6.45) is 3.91. The van der Waals surface area contributed by atoms with Crippen LogP contribution >= 0.6 is 0 Å². The van der Waals surface area contributed by atoms with Crippen LogP contribution in [0.3, 0.4) is 0 Å². The molecule has 1 aromatic carbocycles. The van der Waals surface area contributed by atoms with E-state index in [9.17, 15) is 5.11 Å². The van der Waals surface area contributed by atoms with Gasteiger partial charge < -0.3 is 15.2 Å². The second-order valence-corrected chi connectivity index (χ2v) is 5.22. The topological polar surface area (TPSA) is 70.2 Å². The number of aromatic amines is 1. The molecule has 0 saturated carbocycles. The van der Waals surface area contributed by atoms with E-state index in [0.717, 1.165) is 30.6 Å². The summed E-state index contributed by atoms with van der Waals surface area (Å²) >= 11 is 0. The van der Waals surface area contributed by atoms with Gasteiger partial charge in [0, 0.05) is 23.4 Å². The van der Waals surface area contributed by atoms with Crippen LogP contribution in [-0.4, -0.2) is 29.0 Å². The number of phenols is 1. The Labute approximate surface area is 125 Å². The molecule has 5 heteroatoms. The summed E-state index contributed by atoms with van der Waals surface area (Å²) in [5, 5.41) is 20.4. The van der Waals surface area contributed by atoms with Crippen molar-refractivity contribution in [3.8, 4) is 11.5 Å². The first-order valence-corrected chi connectivity index (χ1v) is 7.21. The molecule has 0 bridgehead atoms. The Balaban J connectivity index is 1.82. The third-order valence-electron chi connectivity index (χ3n) is 3.71. The van der Waals surface area contributed by atoms with Crippen molar-refractivity contribution in [2.24, 2.45) is 0 Å². The van der Waals surface area contributed by atoms with Crippen LogP contribution in [0.25, 0.3) is 0 Å². The normalized spacial score (nSPS) is 12.3. The highest BCUT2D eigenvalue weighted by Crippen LogP contribution is 2.28. The molecule has 0 spiro atoms. The van der Waals surface area contributed by atoms with Crippen LogP contribution < -0.4 is 10.1 Å². The summed E-state index contributed by atoms with van der Waals surface area (Å²) in [5.74, 6) is 0.930. The molecule has 0 fully saturated rings. The molecule has 0 saturated heterocycles. The lowest BCUT2D eigenvalue weighted by Crippen LogP contribution is -2.20. The third kappa shape index (κ3) is 3.98. The lowest BCUT2D eigenvalue weighted by Gasteiger charge is -2.16. The number of aromatic hydroxyl groups is 1. The van der Waals surface area contributed by atoms with Crippen LogP contribution in [-0.2, 0) is 6.42 Å². The van der Waals surface area contributed by atoms with Crippen LogP contribution in [0.1, 0.15) is 36.2 Å². The van der Waals surface area contributed by atoms with Crippen LogP contribution in [0, 0.1) is 6.92 Å². The fraction of sp³-hybridized carbons (Fsp3) is 0.438. The van der Waals surface area contributed by atoms with Gasteiger partial charge in [0.1, 0.15) is 11.5 Å². The quantitative estimate of drug-likeness (QED) is 0.685. The van der Waals surface area contributed by atoms with Crippen molar-refractivity contribution in [2.75, 3.05) is 13.7 Å². The number of hydrogen-bond donors (Lipinski definition) is 3. The number of aryl methyl sites for hydroxylation is 2. The van der Waals surface area contributed by atoms with Gasteiger partial charge in [-0.15, -0.1) is 0 Å². The van der Waals surface area contributed by atoms with Gasteiger partial charge in [0.05, 0.1) is 13.3 Å². The standard InChI is InChI=1S/C16H23N3O2/c1-11-13(10-18-19-11)5-4-8-17-12(2)15-7-6-14(21-3)9-16(15)20/h6-7,9-10,12,17,20H,4-5,8H2,1-3H3,(H,18,19). The Bertz CT molecular complexity index is 581. The van der Waals surface area contributed by atoms with Crippen molar-refractivity contribution in [2.45, 2.75) is 32.7 Å². The Morgan fingerprint density at radius 3 is 2.86 bits per heavy atom. The lowest BCUT2D eigenvalue weighted by molar-refractivity contribution is 0.404. The van der Waals surface area contributed by atoms with Gasteiger partial charge in [0.25, 0.3) is 0 Å². The largest absolute Gasteiger partial charge is 0.507 e.